The van der Waals surface area contributed by atoms with Crippen molar-refractivity contribution in [3.05, 3.63) is 0 Å². The first-order valence-electron chi connectivity index (χ1n) is 5.98. The first kappa shape index (κ1) is 10.9. The van der Waals surface area contributed by atoms with Crippen LogP contribution in [-0.4, -0.2) is 38.1 Å². The SMILES string of the molecule is COC(=O)C1CCN(C)CC1C1CCC1. The van der Waals surface area contributed by atoms with Crippen LogP contribution >= 0.6 is 0 Å². The molecular formula is C12H21NO2. The largest absolute Gasteiger partial charge is 0.469 e. The van der Waals surface area contributed by atoms with Crippen LogP contribution in [-0.2, 0) is 9.53 Å². The minimum absolute atomic E-state index is 0.0139. The quantitative estimate of drug-likeness (QED) is 0.649. The van der Waals surface area contributed by atoms with Gasteiger partial charge in [0.25, 0.3) is 0 Å². The van der Waals surface area contributed by atoms with E-state index in [2.05, 4.69) is 11.9 Å². The summed E-state index contributed by atoms with van der Waals surface area (Å²) in [6.07, 6.45) is 4.95. The lowest BCUT2D eigenvalue weighted by molar-refractivity contribution is -0.151. The Morgan fingerprint density at radius 3 is 2.60 bits per heavy atom. The minimum Gasteiger partial charge on any atom is -0.469 e. The molecule has 2 rings (SSSR count). The molecule has 0 spiro atoms. The number of hydrogen-bond acceptors (Lipinski definition) is 3. The van der Waals surface area contributed by atoms with Gasteiger partial charge in [-0.15, -0.1) is 0 Å². The lowest BCUT2D eigenvalue weighted by Gasteiger charge is -2.43. The van der Waals surface area contributed by atoms with Gasteiger partial charge in [0.2, 0.25) is 0 Å². The Kier molecular flexibility index (Phi) is 3.29. The Morgan fingerprint density at radius 2 is 2.07 bits per heavy atom. The number of ether oxygens (including phenoxy) is 1. The molecule has 1 saturated heterocycles. The van der Waals surface area contributed by atoms with Gasteiger partial charge in [-0.05, 0) is 31.8 Å². The van der Waals surface area contributed by atoms with Crippen molar-refractivity contribution in [2.45, 2.75) is 25.7 Å². The molecule has 2 atom stereocenters. The Morgan fingerprint density at radius 1 is 1.33 bits per heavy atom. The number of piperidine rings is 1. The van der Waals surface area contributed by atoms with E-state index in [1.165, 1.54) is 26.4 Å². The first-order valence-corrected chi connectivity index (χ1v) is 5.98. The van der Waals surface area contributed by atoms with E-state index in [1.54, 1.807) is 0 Å². The van der Waals surface area contributed by atoms with Gasteiger partial charge in [-0.2, -0.15) is 0 Å². The summed E-state index contributed by atoms with van der Waals surface area (Å²) in [6.45, 7) is 2.10. The van der Waals surface area contributed by atoms with E-state index in [4.69, 9.17) is 4.74 Å². The number of rotatable bonds is 2. The Bertz CT molecular complexity index is 238. The lowest BCUT2D eigenvalue weighted by Crippen LogP contribution is -2.46. The molecule has 1 aliphatic heterocycles. The zero-order chi connectivity index (χ0) is 10.8. The Hall–Kier alpha value is -0.570. The fourth-order valence-corrected chi connectivity index (χ4v) is 2.94. The highest BCUT2D eigenvalue weighted by atomic mass is 16.5. The van der Waals surface area contributed by atoms with E-state index in [0.717, 1.165) is 25.4 Å². The molecule has 2 unspecified atom stereocenters. The molecule has 3 nitrogen and oxygen atoms in total. The van der Waals surface area contributed by atoms with E-state index in [-0.39, 0.29) is 11.9 Å². The summed E-state index contributed by atoms with van der Waals surface area (Å²) in [4.78, 5) is 14.0. The summed E-state index contributed by atoms with van der Waals surface area (Å²) in [5.41, 5.74) is 0. The molecule has 2 fully saturated rings. The number of hydrogen-bond donors (Lipinski definition) is 0. The van der Waals surface area contributed by atoms with Gasteiger partial charge in [0.1, 0.15) is 0 Å². The van der Waals surface area contributed by atoms with Crippen LogP contribution in [0, 0.1) is 17.8 Å². The molecule has 15 heavy (non-hydrogen) atoms. The van der Waals surface area contributed by atoms with E-state index < -0.39 is 0 Å². The summed E-state index contributed by atoms with van der Waals surface area (Å²) >= 11 is 0. The number of nitrogens with zero attached hydrogens (tertiary/aromatic N) is 1. The average Bonchev–Trinajstić information content (AvgIpc) is 2.14. The van der Waals surface area contributed by atoms with Crippen molar-refractivity contribution in [1.82, 2.24) is 4.90 Å². The fourth-order valence-electron chi connectivity index (χ4n) is 2.94. The van der Waals surface area contributed by atoms with Gasteiger partial charge < -0.3 is 9.64 Å². The summed E-state index contributed by atoms with van der Waals surface area (Å²) in [5.74, 6) is 1.50. The van der Waals surface area contributed by atoms with Crippen LogP contribution < -0.4 is 0 Å². The van der Waals surface area contributed by atoms with Crippen molar-refractivity contribution in [1.29, 1.82) is 0 Å². The van der Waals surface area contributed by atoms with Crippen molar-refractivity contribution < 1.29 is 9.53 Å². The number of methoxy groups -OCH3 is 1. The van der Waals surface area contributed by atoms with Gasteiger partial charge in [-0.25, -0.2) is 0 Å². The van der Waals surface area contributed by atoms with Gasteiger partial charge in [-0.1, -0.05) is 19.3 Å². The van der Waals surface area contributed by atoms with E-state index in [1.807, 2.05) is 0 Å². The normalized spacial score (nSPS) is 33.5. The average molecular weight is 211 g/mol. The fraction of sp³-hybridized carbons (Fsp3) is 0.917. The summed E-state index contributed by atoms with van der Waals surface area (Å²) < 4.78 is 4.92. The maximum atomic E-state index is 11.7. The molecule has 86 valence electrons. The van der Waals surface area contributed by atoms with Gasteiger partial charge in [-0.3, -0.25) is 4.79 Å². The van der Waals surface area contributed by atoms with Gasteiger partial charge in [0, 0.05) is 6.54 Å². The zero-order valence-corrected chi connectivity index (χ0v) is 9.74. The highest BCUT2D eigenvalue weighted by Gasteiger charge is 2.40. The molecule has 2 aliphatic rings. The number of likely N-dealkylation sites (tertiary alicyclic amines) is 1. The molecule has 0 aromatic carbocycles. The summed E-state index contributed by atoms with van der Waals surface area (Å²) in [6, 6.07) is 0. The predicted octanol–water partition coefficient (Wildman–Crippen LogP) is 1.53. The Labute approximate surface area is 91.8 Å². The molecule has 0 amide bonds. The first-order chi connectivity index (χ1) is 7.22. The standard InChI is InChI=1S/C12H21NO2/c1-13-7-6-10(12(14)15-2)11(8-13)9-4-3-5-9/h9-11H,3-8H2,1-2H3. The molecule has 0 radical (unpaired) electrons. The topological polar surface area (TPSA) is 29.5 Å². The van der Waals surface area contributed by atoms with Crippen molar-refractivity contribution >= 4 is 5.97 Å². The highest BCUT2D eigenvalue weighted by Crippen LogP contribution is 2.40. The van der Waals surface area contributed by atoms with Crippen molar-refractivity contribution in [3.63, 3.8) is 0 Å². The molecule has 1 heterocycles. The second kappa shape index (κ2) is 4.52. The molecule has 3 heteroatoms. The van der Waals surface area contributed by atoms with Gasteiger partial charge in [0.05, 0.1) is 13.0 Å². The van der Waals surface area contributed by atoms with Crippen LogP contribution in [0.2, 0.25) is 0 Å². The van der Waals surface area contributed by atoms with Crippen LogP contribution in [0.15, 0.2) is 0 Å². The Balaban J connectivity index is 2.02. The molecule has 1 aliphatic carbocycles. The minimum atomic E-state index is 0.0139. The second-order valence-corrected chi connectivity index (χ2v) is 5.04. The van der Waals surface area contributed by atoms with E-state index in [9.17, 15) is 4.79 Å². The van der Waals surface area contributed by atoms with Crippen LogP contribution in [0.4, 0.5) is 0 Å². The van der Waals surface area contributed by atoms with Gasteiger partial charge >= 0.3 is 5.97 Å². The third kappa shape index (κ3) is 2.17. The van der Waals surface area contributed by atoms with Crippen molar-refractivity contribution in [2.75, 3.05) is 27.2 Å². The van der Waals surface area contributed by atoms with Gasteiger partial charge in [0.15, 0.2) is 0 Å². The number of carbonyl (C=O) groups is 1. The van der Waals surface area contributed by atoms with E-state index >= 15 is 0 Å². The smallest absolute Gasteiger partial charge is 0.309 e. The predicted molar refractivity (Wildman–Crippen MR) is 58.5 cm³/mol. The van der Waals surface area contributed by atoms with Crippen LogP contribution in [0.3, 0.4) is 0 Å². The van der Waals surface area contributed by atoms with E-state index in [0.29, 0.717) is 5.92 Å². The summed E-state index contributed by atoms with van der Waals surface area (Å²) in [5, 5.41) is 0. The maximum Gasteiger partial charge on any atom is 0.309 e. The second-order valence-electron chi connectivity index (χ2n) is 5.04. The van der Waals surface area contributed by atoms with Crippen LogP contribution in [0.5, 0.6) is 0 Å². The molecule has 0 aromatic heterocycles. The third-order valence-electron chi connectivity index (χ3n) is 4.12. The third-order valence-corrected chi connectivity index (χ3v) is 4.12. The van der Waals surface area contributed by atoms with Crippen molar-refractivity contribution in [3.8, 4) is 0 Å². The number of esters is 1. The lowest BCUT2D eigenvalue weighted by atomic mass is 9.68. The molecule has 1 saturated carbocycles. The van der Waals surface area contributed by atoms with Crippen LogP contribution in [0.25, 0.3) is 0 Å². The highest BCUT2D eigenvalue weighted by molar-refractivity contribution is 5.72. The molecule has 0 bridgehead atoms. The monoisotopic (exact) mass is 211 g/mol. The zero-order valence-electron chi connectivity index (χ0n) is 9.74. The molecule has 0 N–H and O–H groups in total. The number of carbonyl (C=O) groups excluding carboxylic acids is 1. The maximum absolute atomic E-state index is 11.7. The van der Waals surface area contributed by atoms with Crippen molar-refractivity contribution in [2.24, 2.45) is 17.8 Å². The van der Waals surface area contributed by atoms with Crippen LogP contribution in [0.1, 0.15) is 25.7 Å². The summed E-state index contributed by atoms with van der Waals surface area (Å²) in [7, 11) is 3.66. The molecule has 0 aromatic rings. The molecular weight excluding hydrogens is 190 g/mol.